The molecule has 0 saturated carbocycles. The van der Waals surface area contributed by atoms with Gasteiger partial charge in [0.25, 0.3) is 10.0 Å². The lowest BCUT2D eigenvalue weighted by molar-refractivity contribution is 0.533. The van der Waals surface area contributed by atoms with Crippen molar-refractivity contribution in [3.8, 4) is 11.5 Å². The second-order valence-corrected chi connectivity index (χ2v) is 7.23. The summed E-state index contributed by atoms with van der Waals surface area (Å²) in [6.45, 7) is 5.42. The Hall–Kier alpha value is -2.67. The third kappa shape index (κ3) is 3.30. The van der Waals surface area contributed by atoms with Gasteiger partial charge in [0, 0.05) is 18.2 Å². The summed E-state index contributed by atoms with van der Waals surface area (Å²) in [5.74, 6) is 0.876. The molecule has 2 aromatic carbocycles. The van der Waals surface area contributed by atoms with Crippen LogP contribution < -0.4 is 4.72 Å². The van der Waals surface area contributed by atoms with Crippen LogP contribution in [0.15, 0.2) is 51.8 Å². The summed E-state index contributed by atoms with van der Waals surface area (Å²) in [6, 6.07) is 12.0. The Bertz CT molecular complexity index is 977. The Balaban J connectivity index is 1.85. The predicted molar refractivity (Wildman–Crippen MR) is 91.2 cm³/mol. The summed E-state index contributed by atoms with van der Waals surface area (Å²) in [7, 11) is -3.64. The molecule has 0 aliphatic carbocycles. The topological polar surface area (TPSA) is 85.1 Å². The minimum atomic E-state index is -3.64. The van der Waals surface area contributed by atoms with Gasteiger partial charge in [0.05, 0.1) is 4.90 Å². The lowest BCUT2D eigenvalue weighted by Crippen LogP contribution is -2.14. The molecule has 0 aliphatic heterocycles. The number of nitrogens with one attached hydrogen (secondary N) is 1. The van der Waals surface area contributed by atoms with Gasteiger partial charge in [-0.15, -0.1) is 10.2 Å². The molecule has 3 aromatic rings. The van der Waals surface area contributed by atoms with Gasteiger partial charge in [-0.05, 0) is 49.7 Å². The van der Waals surface area contributed by atoms with Crippen LogP contribution in [0.3, 0.4) is 0 Å². The second-order valence-electron chi connectivity index (χ2n) is 5.58. The van der Waals surface area contributed by atoms with E-state index in [-0.39, 0.29) is 4.90 Å². The smallest absolute Gasteiger partial charge is 0.262 e. The molecule has 1 aromatic heterocycles. The van der Waals surface area contributed by atoms with E-state index in [4.69, 9.17) is 4.42 Å². The number of rotatable bonds is 4. The number of aryl methyl sites for hydroxylation is 3. The van der Waals surface area contributed by atoms with Crippen LogP contribution in [0.5, 0.6) is 0 Å². The first-order chi connectivity index (χ1) is 11.3. The molecule has 6 nitrogen and oxygen atoms in total. The highest BCUT2D eigenvalue weighted by Crippen LogP contribution is 2.23. The molecule has 3 rings (SSSR count). The summed E-state index contributed by atoms with van der Waals surface area (Å²) in [6.07, 6.45) is 0. The Labute approximate surface area is 140 Å². The molecule has 0 fully saturated rings. The fourth-order valence-electron chi connectivity index (χ4n) is 2.41. The standard InChI is InChI=1S/C17H17N3O3S/c1-11-4-9-16(12(2)10-11)24(21,22)20-15-7-5-14(6-8-15)17-19-18-13(3)23-17/h4-10,20H,1-3H3. The molecule has 0 saturated heterocycles. The van der Waals surface area contributed by atoms with Crippen molar-refractivity contribution in [2.24, 2.45) is 0 Å². The Kier molecular flexibility index (Phi) is 4.11. The van der Waals surface area contributed by atoms with E-state index in [2.05, 4.69) is 14.9 Å². The molecule has 0 unspecified atom stereocenters. The van der Waals surface area contributed by atoms with Crippen LogP contribution in [-0.4, -0.2) is 18.6 Å². The molecule has 0 bridgehead atoms. The van der Waals surface area contributed by atoms with Gasteiger partial charge in [-0.2, -0.15) is 0 Å². The molecule has 0 spiro atoms. The first kappa shape index (κ1) is 16.2. The van der Waals surface area contributed by atoms with E-state index in [0.29, 0.717) is 23.0 Å². The molecule has 0 amide bonds. The highest BCUT2D eigenvalue weighted by molar-refractivity contribution is 7.92. The third-order valence-electron chi connectivity index (χ3n) is 3.53. The van der Waals surface area contributed by atoms with Gasteiger partial charge in [0.2, 0.25) is 11.8 Å². The zero-order valence-corrected chi connectivity index (χ0v) is 14.4. The van der Waals surface area contributed by atoms with Crippen molar-refractivity contribution >= 4 is 15.7 Å². The number of anilines is 1. The van der Waals surface area contributed by atoms with E-state index in [1.165, 1.54) is 0 Å². The van der Waals surface area contributed by atoms with Gasteiger partial charge >= 0.3 is 0 Å². The van der Waals surface area contributed by atoms with Crippen LogP contribution in [0.4, 0.5) is 5.69 Å². The molecule has 7 heteroatoms. The number of hydrogen-bond donors (Lipinski definition) is 1. The van der Waals surface area contributed by atoms with Crippen molar-refractivity contribution in [2.75, 3.05) is 4.72 Å². The maximum absolute atomic E-state index is 12.5. The van der Waals surface area contributed by atoms with Crippen LogP contribution in [0, 0.1) is 20.8 Å². The summed E-state index contributed by atoms with van der Waals surface area (Å²) in [5, 5.41) is 7.71. The van der Waals surface area contributed by atoms with Crippen molar-refractivity contribution in [3.63, 3.8) is 0 Å². The maximum Gasteiger partial charge on any atom is 0.262 e. The SMILES string of the molecule is Cc1ccc(S(=O)(=O)Nc2ccc(-c3nnc(C)o3)cc2)c(C)c1. The highest BCUT2D eigenvalue weighted by Gasteiger charge is 2.17. The van der Waals surface area contributed by atoms with Gasteiger partial charge in [-0.3, -0.25) is 4.72 Å². The van der Waals surface area contributed by atoms with E-state index < -0.39 is 10.0 Å². The zero-order valence-electron chi connectivity index (χ0n) is 13.6. The van der Waals surface area contributed by atoms with Crippen LogP contribution in [0.25, 0.3) is 11.5 Å². The molecular formula is C17H17N3O3S. The number of aromatic nitrogens is 2. The van der Waals surface area contributed by atoms with Crippen LogP contribution in [-0.2, 0) is 10.0 Å². The fourth-order valence-corrected chi connectivity index (χ4v) is 3.69. The van der Waals surface area contributed by atoms with Crippen LogP contribution in [0.2, 0.25) is 0 Å². The normalized spacial score (nSPS) is 11.5. The van der Waals surface area contributed by atoms with Crippen LogP contribution >= 0.6 is 0 Å². The van der Waals surface area contributed by atoms with Crippen molar-refractivity contribution < 1.29 is 12.8 Å². The first-order valence-corrected chi connectivity index (χ1v) is 8.84. The third-order valence-corrected chi connectivity index (χ3v) is 5.07. The first-order valence-electron chi connectivity index (χ1n) is 7.36. The summed E-state index contributed by atoms with van der Waals surface area (Å²) >= 11 is 0. The van der Waals surface area contributed by atoms with E-state index in [9.17, 15) is 8.42 Å². The fraction of sp³-hybridized carbons (Fsp3) is 0.176. The van der Waals surface area contributed by atoms with E-state index in [1.54, 1.807) is 50.2 Å². The maximum atomic E-state index is 12.5. The monoisotopic (exact) mass is 343 g/mol. The molecule has 1 heterocycles. The summed E-state index contributed by atoms with van der Waals surface area (Å²) < 4.78 is 33.0. The lowest BCUT2D eigenvalue weighted by atomic mass is 10.2. The Morgan fingerprint density at radius 1 is 0.958 bits per heavy atom. The molecule has 0 radical (unpaired) electrons. The summed E-state index contributed by atoms with van der Waals surface area (Å²) in [4.78, 5) is 0.268. The molecule has 24 heavy (non-hydrogen) atoms. The second kappa shape index (κ2) is 6.09. The minimum Gasteiger partial charge on any atom is -0.421 e. The van der Waals surface area contributed by atoms with Gasteiger partial charge in [0.15, 0.2) is 0 Å². The van der Waals surface area contributed by atoms with E-state index in [0.717, 1.165) is 11.1 Å². The number of hydrogen-bond acceptors (Lipinski definition) is 5. The molecule has 1 N–H and O–H groups in total. The molecule has 124 valence electrons. The number of sulfonamides is 1. The quantitative estimate of drug-likeness (QED) is 0.784. The predicted octanol–water partition coefficient (Wildman–Crippen LogP) is 3.46. The van der Waals surface area contributed by atoms with Crippen molar-refractivity contribution in [1.29, 1.82) is 0 Å². The van der Waals surface area contributed by atoms with Crippen molar-refractivity contribution in [2.45, 2.75) is 25.7 Å². The summed E-state index contributed by atoms with van der Waals surface area (Å²) in [5.41, 5.74) is 2.92. The lowest BCUT2D eigenvalue weighted by Gasteiger charge is -2.11. The Morgan fingerprint density at radius 2 is 1.67 bits per heavy atom. The number of nitrogens with zero attached hydrogens (tertiary/aromatic N) is 2. The molecule has 0 aliphatic rings. The zero-order chi connectivity index (χ0) is 17.3. The minimum absolute atomic E-state index is 0.268. The number of benzene rings is 2. The van der Waals surface area contributed by atoms with Crippen molar-refractivity contribution in [3.05, 3.63) is 59.5 Å². The molecular weight excluding hydrogens is 326 g/mol. The van der Waals surface area contributed by atoms with Crippen LogP contribution in [0.1, 0.15) is 17.0 Å². The highest BCUT2D eigenvalue weighted by atomic mass is 32.2. The van der Waals surface area contributed by atoms with E-state index in [1.807, 2.05) is 13.0 Å². The average Bonchev–Trinajstić information content (AvgIpc) is 2.93. The van der Waals surface area contributed by atoms with Gasteiger partial charge in [-0.25, -0.2) is 8.42 Å². The largest absolute Gasteiger partial charge is 0.421 e. The average molecular weight is 343 g/mol. The van der Waals surface area contributed by atoms with Gasteiger partial charge < -0.3 is 4.42 Å². The Morgan fingerprint density at radius 3 is 2.25 bits per heavy atom. The van der Waals surface area contributed by atoms with E-state index >= 15 is 0 Å². The van der Waals surface area contributed by atoms with Gasteiger partial charge in [0.1, 0.15) is 0 Å². The van der Waals surface area contributed by atoms with Gasteiger partial charge in [-0.1, -0.05) is 17.7 Å². The molecule has 0 atom stereocenters. The van der Waals surface area contributed by atoms with Crippen molar-refractivity contribution in [1.82, 2.24) is 10.2 Å².